The van der Waals surface area contributed by atoms with Crippen molar-refractivity contribution in [3.63, 3.8) is 0 Å². The zero-order chi connectivity index (χ0) is 28.3. The maximum absolute atomic E-state index is 11.3. The molecule has 0 saturated heterocycles. The third-order valence-corrected chi connectivity index (χ3v) is 6.85. The van der Waals surface area contributed by atoms with Crippen LogP contribution in [0.2, 0.25) is 0 Å². The van der Waals surface area contributed by atoms with Gasteiger partial charge in [0.1, 0.15) is 28.0 Å². The number of rotatable bonds is 12. The average Bonchev–Trinajstić information content (AvgIpc) is 3.66. The molecule has 0 spiro atoms. The van der Waals surface area contributed by atoms with E-state index >= 15 is 0 Å². The summed E-state index contributed by atoms with van der Waals surface area (Å²) in [6.45, 7) is 12.9. The first-order valence-corrected chi connectivity index (χ1v) is 14.8. The first kappa shape index (κ1) is 30.9. The second kappa shape index (κ2) is 14.6. The molecule has 38 heavy (non-hydrogen) atoms. The molecule has 3 rings (SSSR count). The molecule has 0 unspecified atom stereocenters. The van der Waals surface area contributed by atoms with Gasteiger partial charge in [0.05, 0.1) is 18.3 Å². The van der Waals surface area contributed by atoms with Crippen molar-refractivity contribution in [2.75, 3.05) is 18.6 Å². The molecule has 1 aliphatic carbocycles. The largest absolute Gasteiger partial charge is 0.494 e. The molecule has 0 radical (unpaired) electrons. The van der Waals surface area contributed by atoms with Crippen LogP contribution in [0.4, 0.5) is 0 Å². The summed E-state index contributed by atoms with van der Waals surface area (Å²) in [6.07, 6.45) is 9.44. The summed E-state index contributed by atoms with van der Waals surface area (Å²) in [5.41, 5.74) is 6.66. The van der Waals surface area contributed by atoms with Crippen LogP contribution in [-0.2, 0) is 26.0 Å². The Balaban J connectivity index is 0.000000739. The van der Waals surface area contributed by atoms with Crippen LogP contribution in [0.3, 0.4) is 0 Å². The van der Waals surface area contributed by atoms with Crippen molar-refractivity contribution in [1.29, 1.82) is 0 Å². The van der Waals surface area contributed by atoms with Crippen LogP contribution in [0.15, 0.2) is 72.5 Å². The Morgan fingerprint density at radius 1 is 1.16 bits per heavy atom. The topological polar surface area (TPSA) is 89.9 Å². The van der Waals surface area contributed by atoms with Gasteiger partial charge in [-0.2, -0.15) is 0 Å². The lowest BCUT2D eigenvalue weighted by atomic mass is 9.94. The lowest BCUT2D eigenvalue weighted by Gasteiger charge is -2.15. The number of carboxylic acid groups (broad SMARTS) is 1. The van der Waals surface area contributed by atoms with Gasteiger partial charge >= 0.3 is 5.97 Å². The van der Waals surface area contributed by atoms with E-state index in [2.05, 4.69) is 32.6 Å². The van der Waals surface area contributed by atoms with Crippen LogP contribution in [0.5, 0.6) is 5.75 Å². The average molecular weight is 541 g/mol. The molecule has 2 aromatic rings. The summed E-state index contributed by atoms with van der Waals surface area (Å²) in [4.78, 5) is 9.76. The zero-order valence-corrected chi connectivity index (χ0v) is 23.9. The van der Waals surface area contributed by atoms with Gasteiger partial charge in [0.15, 0.2) is 0 Å². The number of aryl methyl sites for hydroxylation is 2. The van der Waals surface area contributed by atoms with Gasteiger partial charge in [0.25, 0.3) is 0 Å². The molecule has 2 aromatic carbocycles. The van der Waals surface area contributed by atoms with Gasteiger partial charge in [-0.3, -0.25) is 4.79 Å². The van der Waals surface area contributed by atoms with E-state index in [0.29, 0.717) is 25.4 Å². The number of sulfone groups is 1. The summed E-state index contributed by atoms with van der Waals surface area (Å²) in [5.74, 6) is 0.918. The SMILES string of the molecule is C=C(/C=C(C)\C=C/C)OCc1cccc(-c2c(C)cc(OCCCS(C)(=O)=O)cc2C)c1.O=C(O)C1CC1. The number of allylic oxidation sites excluding steroid dienone is 4. The summed E-state index contributed by atoms with van der Waals surface area (Å²) in [7, 11) is -2.96. The lowest BCUT2D eigenvalue weighted by molar-refractivity contribution is -0.138. The van der Waals surface area contributed by atoms with Gasteiger partial charge in [0, 0.05) is 6.26 Å². The smallest absolute Gasteiger partial charge is 0.306 e. The fraction of sp³-hybridized carbons (Fsp3) is 0.387. The molecule has 1 aliphatic rings. The van der Waals surface area contributed by atoms with Crippen molar-refractivity contribution < 1.29 is 27.8 Å². The van der Waals surface area contributed by atoms with Crippen molar-refractivity contribution >= 4 is 15.8 Å². The standard InChI is InChI=1S/C27H34O4S.C4H6O2/c1-7-10-20(2)15-23(5)31-19-24-11-8-12-25(18-24)27-21(3)16-26(17-22(27)4)30-13-9-14-32(6,28)29;5-4(6)3-1-2-3/h7-8,10-12,15-18H,5,9,13-14,19H2,1-4,6H3;3H,1-2H2,(H,5,6)/b10-7-,20-15-;. The van der Waals surface area contributed by atoms with Gasteiger partial charge < -0.3 is 14.6 Å². The highest BCUT2D eigenvalue weighted by atomic mass is 32.2. The Morgan fingerprint density at radius 2 is 1.82 bits per heavy atom. The molecule has 1 fully saturated rings. The number of benzene rings is 2. The molecule has 1 saturated carbocycles. The summed E-state index contributed by atoms with van der Waals surface area (Å²) in [6, 6.07) is 12.3. The molecule has 0 aliphatic heterocycles. The third kappa shape index (κ3) is 11.4. The molecule has 0 aromatic heterocycles. The quantitative estimate of drug-likeness (QED) is 0.181. The van der Waals surface area contributed by atoms with E-state index in [1.807, 2.05) is 56.3 Å². The fourth-order valence-electron chi connectivity index (χ4n) is 3.90. The highest BCUT2D eigenvalue weighted by molar-refractivity contribution is 7.90. The van der Waals surface area contributed by atoms with Crippen molar-refractivity contribution in [2.45, 2.75) is 53.6 Å². The van der Waals surface area contributed by atoms with Gasteiger partial charge in [-0.25, -0.2) is 8.42 Å². The monoisotopic (exact) mass is 540 g/mol. The van der Waals surface area contributed by atoms with Gasteiger partial charge in [-0.1, -0.05) is 36.9 Å². The van der Waals surface area contributed by atoms with E-state index in [-0.39, 0.29) is 11.7 Å². The number of ether oxygens (including phenoxy) is 2. The van der Waals surface area contributed by atoms with E-state index in [0.717, 1.165) is 52.0 Å². The van der Waals surface area contributed by atoms with Crippen LogP contribution in [0.1, 0.15) is 49.8 Å². The Kier molecular flexibility index (Phi) is 11.9. The van der Waals surface area contributed by atoms with Gasteiger partial charge in [-0.15, -0.1) is 0 Å². The zero-order valence-electron chi connectivity index (χ0n) is 23.1. The molecule has 0 heterocycles. The maximum Gasteiger partial charge on any atom is 0.306 e. The summed E-state index contributed by atoms with van der Waals surface area (Å²) in [5, 5.41) is 8.05. The summed E-state index contributed by atoms with van der Waals surface area (Å²) < 4.78 is 34.1. The van der Waals surface area contributed by atoms with Crippen LogP contribution in [0.25, 0.3) is 11.1 Å². The van der Waals surface area contributed by atoms with Crippen LogP contribution in [-0.4, -0.2) is 38.1 Å². The normalized spacial score (nSPS) is 13.6. The first-order valence-electron chi connectivity index (χ1n) is 12.8. The molecular weight excluding hydrogens is 500 g/mol. The molecule has 0 amide bonds. The molecule has 0 bridgehead atoms. The number of carboxylic acids is 1. The second-order valence-electron chi connectivity index (χ2n) is 9.72. The highest BCUT2D eigenvalue weighted by Crippen LogP contribution is 2.32. The van der Waals surface area contributed by atoms with Gasteiger partial charge in [0.2, 0.25) is 0 Å². The molecule has 6 nitrogen and oxygen atoms in total. The van der Waals surface area contributed by atoms with E-state index in [4.69, 9.17) is 14.6 Å². The molecule has 206 valence electrons. The van der Waals surface area contributed by atoms with E-state index in [9.17, 15) is 13.2 Å². The summed E-state index contributed by atoms with van der Waals surface area (Å²) >= 11 is 0. The van der Waals surface area contributed by atoms with E-state index in [1.54, 1.807) is 0 Å². The highest BCUT2D eigenvalue weighted by Gasteiger charge is 2.28. The molecular formula is C31H40O6S. The minimum Gasteiger partial charge on any atom is -0.494 e. The first-order chi connectivity index (χ1) is 17.9. The van der Waals surface area contributed by atoms with Gasteiger partial charge in [-0.05, 0) is 105 Å². The predicted octanol–water partition coefficient (Wildman–Crippen LogP) is 6.82. The minimum atomic E-state index is -2.96. The fourth-order valence-corrected chi connectivity index (χ4v) is 4.55. The second-order valence-corrected chi connectivity index (χ2v) is 12.0. The van der Waals surface area contributed by atoms with Crippen molar-refractivity contribution in [1.82, 2.24) is 0 Å². The molecule has 1 N–H and O–H groups in total. The number of carbonyl (C=O) groups is 1. The van der Waals surface area contributed by atoms with Crippen molar-refractivity contribution in [2.24, 2.45) is 5.92 Å². The Hall–Kier alpha value is -3.32. The third-order valence-electron chi connectivity index (χ3n) is 5.82. The number of aliphatic carboxylic acids is 1. The van der Waals surface area contributed by atoms with Crippen LogP contribution >= 0.6 is 0 Å². The van der Waals surface area contributed by atoms with E-state index in [1.165, 1.54) is 6.26 Å². The van der Waals surface area contributed by atoms with Crippen LogP contribution in [0, 0.1) is 19.8 Å². The number of hydrogen-bond acceptors (Lipinski definition) is 5. The van der Waals surface area contributed by atoms with Crippen molar-refractivity contribution in [3.8, 4) is 16.9 Å². The molecule has 0 atom stereocenters. The minimum absolute atomic E-state index is 0.0185. The molecule has 7 heteroatoms. The van der Waals surface area contributed by atoms with Crippen LogP contribution < -0.4 is 4.74 Å². The van der Waals surface area contributed by atoms with Crippen molar-refractivity contribution in [3.05, 3.63) is 89.2 Å². The maximum atomic E-state index is 11.3. The Labute approximate surface area is 227 Å². The Morgan fingerprint density at radius 3 is 2.34 bits per heavy atom. The van der Waals surface area contributed by atoms with E-state index < -0.39 is 15.8 Å². The number of hydrogen-bond donors (Lipinski definition) is 1. The Bertz CT molecular complexity index is 1260. The predicted molar refractivity (Wildman–Crippen MR) is 154 cm³/mol. The lowest BCUT2D eigenvalue weighted by Crippen LogP contribution is -2.08.